The van der Waals surface area contributed by atoms with Gasteiger partial charge in [-0.25, -0.2) is 0 Å². The van der Waals surface area contributed by atoms with Gasteiger partial charge in [0.1, 0.15) is 0 Å². The molecule has 1 atom stereocenters. The number of hydrogen-bond acceptors (Lipinski definition) is 3. The van der Waals surface area contributed by atoms with E-state index in [1.54, 1.807) is 0 Å². The maximum absolute atomic E-state index is 5.60. The summed E-state index contributed by atoms with van der Waals surface area (Å²) in [7, 11) is 2.23. The molecule has 0 aromatic carbocycles. The Morgan fingerprint density at radius 2 is 2.20 bits per heavy atom. The lowest BCUT2D eigenvalue weighted by Gasteiger charge is -2.35. The molecule has 0 bridgehead atoms. The predicted octanol–water partition coefficient (Wildman–Crippen LogP) is 0.997. The van der Waals surface area contributed by atoms with Gasteiger partial charge in [-0.15, -0.1) is 0 Å². The SMILES string of the molecule is CC(C)N(C)C[C@@H]1CCCN(CCN)C1. The molecule has 0 aromatic heterocycles. The summed E-state index contributed by atoms with van der Waals surface area (Å²) in [4.78, 5) is 4.97. The Morgan fingerprint density at radius 1 is 1.47 bits per heavy atom. The van der Waals surface area contributed by atoms with Crippen LogP contribution >= 0.6 is 0 Å². The van der Waals surface area contributed by atoms with Crippen LogP contribution in [-0.4, -0.2) is 55.6 Å². The first-order chi connectivity index (χ1) is 7.13. The van der Waals surface area contributed by atoms with E-state index in [1.165, 1.54) is 32.5 Å². The number of nitrogens with two attached hydrogens (primary N) is 1. The van der Waals surface area contributed by atoms with Gasteiger partial charge >= 0.3 is 0 Å². The molecule has 0 radical (unpaired) electrons. The lowest BCUT2D eigenvalue weighted by molar-refractivity contribution is 0.134. The third kappa shape index (κ3) is 4.49. The number of rotatable bonds is 5. The van der Waals surface area contributed by atoms with E-state index in [9.17, 15) is 0 Å². The fourth-order valence-electron chi connectivity index (χ4n) is 2.30. The fourth-order valence-corrected chi connectivity index (χ4v) is 2.30. The molecular formula is C12H27N3. The maximum atomic E-state index is 5.60. The third-order valence-electron chi connectivity index (χ3n) is 3.48. The molecular weight excluding hydrogens is 186 g/mol. The van der Waals surface area contributed by atoms with Crippen molar-refractivity contribution in [3.63, 3.8) is 0 Å². The van der Waals surface area contributed by atoms with Crippen LogP contribution in [0.3, 0.4) is 0 Å². The van der Waals surface area contributed by atoms with E-state index in [-0.39, 0.29) is 0 Å². The summed E-state index contributed by atoms with van der Waals surface area (Å²) in [5.74, 6) is 0.845. The normalized spacial score (nSPS) is 24.0. The molecule has 1 rings (SSSR count). The van der Waals surface area contributed by atoms with Gasteiger partial charge in [-0.05, 0) is 46.2 Å². The molecule has 2 N–H and O–H groups in total. The van der Waals surface area contributed by atoms with E-state index in [2.05, 4.69) is 30.7 Å². The standard InChI is InChI=1S/C12H27N3/c1-11(2)14(3)9-12-5-4-7-15(10-12)8-6-13/h11-12H,4-10,13H2,1-3H3/t12-/m0/s1. The second-order valence-electron chi connectivity index (χ2n) is 5.13. The van der Waals surface area contributed by atoms with Gasteiger partial charge in [-0.1, -0.05) is 0 Å². The van der Waals surface area contributed by atoms with Crippen molar-refractivity contribution < 1.29 is 0 Å². The summed E-state index contributed by atoms with van der Waals surface area (Å²) in [6.45, 7) is 10.1. The second kappa shape index (κ2) is 6.46. The first kappa shape index (κ1) is 12.9. The lowest BCUT2D eigenvalue weighted by Crippen LogP contribution is -2.43. The molecule has 1 heterocycles. The minimum atomic E-state index is 0.662. The summed E-state index contributed by atoms with van der Waals surface area (Å²) in [6, 6.07) is 0.662. The molecule has 0 aliphatic carbocycles. The highest BCUT2D eigenvalue weighted by molar-refractivity contribution is 4.76. The van der Waals surface area contributed by atoms with Crippen LogP contribution in [0.25, 0.3) is 0 Å². The summed E-state index contributed by atoms with van der Waals surface area (Å²) < 4.78 is 0. The van der Waals surface area contributed by atoms with Gasteiger partial charge in [0.2, 0.25) is 0 Å². The Balaban J connectivity index is 2.29. The van der Waals surface area contributed by atoms with E-state index in [1.807, 2.05) is 0 Å². The molecule has 1 aliphatic rings. The van der Waals surface area contributed by atoms with Gasteiger partial charge in [-0.2, -0.15) is 0 Å². The van der Waals surface area contributed by atoms with Crippen molar-refractivity contribution in [2.24, 2.45) is 11.7 Å². The van der Waals surface area contributed by atoms with Crippen molar-refractivity contribution in [1.82, 2.24) is 9.80 Å². The zero-order valence-corrected chi connectivity index (χ0v) is 10.6. The largest absolute Gasteiger partial charge is 0.329 e. The summed E-state index contributed by atoms with van der Waals surface area (Å²) in [5.41, 5.74) is 5.60. The van der Waals surface area contributed by atoms with Crippen molar-refractivity contribution in [3.05, 3.63) is 0 Å². The van der Waals surface area contributed by atoms with Crippen LogP contribution in [0.15, 0.2) is 0 Å². The highest BCUT2D eigenvalue weighted by Crippen LogP contribution is 2.17. The zero-order valence-electron chi connectivity index (χ0n) is 10.6. The second-order valence-corrected chi connectivity index (χ2v) is 5.13. The minimum Gasteiger partial charge on any atom is -0.329 e. The Bertz CT molecular complexity index is 168. The molecule has 1 fully saturated rings. The smallest absolute Gasteiger partial charge is 0.0105 e. The predicted molar refractivity (Wildman–Crippen MR) is 66.0 cm³/mol. The third-order valence-corrected chi connectivity index (χ3v) is 3.48. The van der Waals surface area contributed by atoms with Gasteiger partial charge in [0.15, 0.2) is 0 Å². The zero-order chi connectivity index (χ0) is 11.3. The Hall–Kier alpha value is -0.120. The molecule has 90 valence electrons. The number of likely N-dealkylation sites (tertiary alicyclic amines) is 1. The van der Waals surface area contributed by atoms with Gasteiger partial charge < -0.3 is 15.5 Å². The number of hydrogen-bond donors (Lipinski definition) is 1. The van der Waals surface area contributed by atoms with Crippen molar-refractivity contribution in [1.29, 1.82) is 0 Å². The molecule has 0 amide bonds. The Kier molecular flexibility index (Phi) is 5.58. The van der Waals surface area contributed by atoms with Crippen molar-refractivity contribution in [2.45, 2.75) is 32.7 Å². The fraction of sp³-hybridized carbons (Fsp3) is 1.00. The Morgan fingerprint density at radius 3 is 2.80 bits per heavy atom. The van der Waals surface area contributed by atoms with E-state index >= 15 is 0 Å². The van der Waals surface area contributed by atoms with Crippen LogP contribution in [0.1, 0.15) is 26.7 Å². The van der Waals surface area contributed by atoms with Crippen molar-refractivity contribution >= 4 is 0 Å². The quantitative estimate of drug-likeness (QED) is 0.739. The van der Waals surface area contributed by atoms with Crippen LogP contribution in [0.5, 0.6) is 0 Å². The van der Waals surface area contributed by atoms with E-state index in [0.717, 1.165) is 19.0 Å². The molecule has 1 aliphatic heterocycles. The average molecular weight is 213 g/mol. The first-order valence-corrected chi connectivity index (χ1v) is 6.26. The van der Waals surface area contributed by atoms with Crippen LogP contribution < -0.4 is 5.73 Å². The lowest BCUT2D eigenvalue weighted by atomic mass is 9.97. The number of piperidine rings is 1. The monoisotopic (exact) mass is 213 g/mol. The summed E-state index contributed by atoms with van der Waals surface area (Å²) in [6.07, 6.45) is 2.73. The van der Waals surface area contributed by atoms with Crippen LogP contribution in [0, 0.1) is 5.92 Å². The van der Waals surface area contributed by atoms with Gasteiger partial charge in [0.25, 0.3) is 0 Å². The molecule has 0 aromatic rings. The van der Waals surface area contributed by atoms with Crippen LogP contribution in [0.4, 0.5) is 0 Å². The topological polar surface area (TPSA) is 32.5 Å². The van der Waals surface area contributed by atoms with E-state index < -0.39 is 0 Å². The highest BCUT2D eigenvalue weighted by Gasteiger charge is 2.20. The Labute approximate surface area is 94.6 Å². The number of nitrogens with zero attached hydrogens (tertiary/aromatic N) is 2. The molecule has 0 spiro atoms. The van der Waals surface area contributed by atoms with Gasteiger partial charge in [0.05, 0.1) is 0 Å². The van der Waals surface area contributed by atoms with Crippen LogP contribution in [0.2, 0.25) is 0 Å². The molecule has 0 saturated carbocycles. The minimum absolute atomic E-state index is 0.662. The first-order valence-electron chi connectivity index (χ1n) is 6.26. The van der Waals surface area contributed by atoms with Gasteiger partial charge in [-0.3, -0.25) is 0 Å². The highest BCUT2D eigenvalue weighted by atomic mass is 15.2. The van der Waals surface area contributed by atoms with Crippen molar-refractivity contribution in [3.8, 4) is 0 Å². The summed E-state index contributed by atoms with van der Waals surface area (Å²) >= 11 is 0. The molecule has 3 nitrogen and oxygen atoms in total. The molecule has 0 unspecified atom stereocenters. The van der Waals surface area contributed by atoms with Crippen molar-refractivity contribution in [2.75, 3.05) is 39.8 Å². The van der Waals surface area contributed by atoms with Crippen LogP contribution in [-0.2, 0) is 0 Å². The molecule has 1 saturated heterocycles. The van der Waals surface area contributed by atoms with E-state index in [0.29, 0.717) is 6.04 Å². The average Bonchev–Trinajstić information content (AvgIpc) is 2.18. The summed E-state index contributed by atoms with van der Waals surface area (Å²) in [5, 5.41) is 0. The molecule has 3 heteroatoms. The van der Waals surface area contributed by atoms with E-state index in [4.69, 9.17) is 5.73 Å². The molecule has 15 heavy (non-hydrogen) atoms. The maximum Gasteiger partial charge on any atom is 0.0105 e. The van der Waals surface area contributed by atoms with Gasteiger partial charge in [0, 0.05) is 32.2 Å².